The number of fused-ring (bicyclic) bond motifs is 4. The maximum absolute atomic E-state index is 15.6. The molecular weight excluding hydrogens is 895 g/mol. The Kier molecular flexibility index (Phi) is 10.5. The van der Waals surface area contributed by atoms with Crippen LogP contribution in [0.1, 0.15) is 43.0 Å². The van der Waals surface area contributed by atoms with Gasteiger partial charge in [0.05, 0.1) is 44.7 Å². The predicted molar refractivity (Wildman–Crippen MR) is 265 cm³/mol. The molecule has 0 saturated carbocycles. The molecule has 0 atom stereocenters. The average molecular weight is 933 g/mol. The van der Waals surface area contributed by atoms with Crippen molar-refractivity contribution < 1.29 is 35.9 Å². The van der Waals surface area contributed by atoms with Crippen LogP contribution in [0.4, 0.5) is 32.0 Å². The molecule has 0 bridgehead atoms. The number of nitrogens with zero attached hydrogens (tertiary/aromatic N) is 2. The number of halogens is 6. The molecule has 70 heavy (non-hydrogen) atoms. The number of anilines is 1. The summed E-state index contributed by atoms with van der Waals surface area (Å²) in [6, 6.07) is 56.1. The van der Waals surface area contributed by atoms with Crippen LogP contribution < -0.4 is 4.90 Å². The molecule has 0 saturated heterocycles. The summed E-state index contributed by atoms with van der Waals surface area (Å²) in [4.78, 5) is 32.0. The van der Waals surface area contributed by atoms with E-state index >= 15 is 9.59 Å². The minimum absolute atomic E-state index is 0.0330. The van der Waals surface area contributed by atoms with Crippen molar-refractivity contribution in [2.45, 2.75) is 26.2 Å². The molecule has 0 aliphatic carbocycles. The average Bonchev–Trinajstić information content (AvgIpc) is 3.82. The van der Waals surface area contributed by atoms with Crippen LogP contribution in [0, 0.1) is 13.8 Å². The molecule has 0 N–H and O–H groups in total. The first-order valence-electron chi connectivity index (χ1n) is 22.5. The normalized spacial score (nSPS) is 12.9. The van der Waals surface area contributed by atoms with Crippen molar-refractivity contribution in [3.63, 3.8) is 0 Å². The zero-order valence-corrected chi connectivity index (χ0v) is 37.5. The highest BCUT2D eigenvalue weighted by atomic mass is 19.4. The molecule has 9 aromatic carbocycles. The van der Waals surface area contributed by atoms with E-state index in [1.165, 1.54) is 17.0 Å². The van der Waals surface area contributed by atoms with Crippen LogP contribution in [-0.4, -0.2) is 16.4 Å². The van der Waals surface area contributed by atoms with Crippen molar-refractivity contribution in [2.75, 3.05) is 4.90 Å². The quantitative estimate of drug-likeness (QED) is 0.118. The number of hydrogen-bond donors (Lipinski definition) is 0. The SMILES string of the molecule is Cc1ccc(-c2ccc3c(c2)c2cc(-c4ccc(C(F)(F)F)cc4C)ccc2n3-c2cccc3c2C(=O)N(c2c(-c4ccccc4)cc(-c4ccccc4)cc2-c2ccccc2)C3=O)c(C(F)(F)F)c1. The van der Waals surface area contributed by atoms with Gasteiger partial charge in [-0.05, 0) is 131 Å². The highest BCUT2D eigenvalue weighted by Crippen LogP contribution is 2.48. The smallest absolute Gasteiger partial charge is 0.308 e. The molecule has 10 heteroatoms. The van der Waals surface area contributed by atoms with Crippen LogP contribution in [0.2, 0.25) is 0 Å². The van der Waals surface area contributed by atoms with Crippen molar-refractivity contribution in [3.8, 4) is 61.3 Å². The van der Waals surface area contributed by atoms with Gasteiger partial charge < -0.3 is 4.57 Å². The topological polar surface area (TPSA) is 42.3 Å². The number of alkyl halides is 6. The van der Waals surface area contributed by atoms with Gasteiger partial charge in [-0.25, -0.2) is 4.90 Å². The molecule has 4 nitrogen and oxygen atoms in total. The first kappa shape index (κ1) is 44.0. The summed E-state index contributed by atoms with van der Waals surface area (Å²) in [5, 5.41) is 1.09. The maximum atomic E-state index is 15.6. The van der Waals surface area contributed by atoms with E-state index < -0.39 is 35.3 Å². The summed E-state index contributed by atoms with van der Waals surface area (Å²) >= 11 is 0. The second kappa shape index (κ2) is 16.6. The number of carbonyl (C=O) groups excluding carboxylic acids is 2. The second-order valence-electron chi connectivity index (χ2n) is 17.5. The predicted octanol–water partition coefficient (Wildman–Crippen LogP) is 16.6. The van der Waals surface area contributed by atoms with Crippen molar-refractivity contribution in [3.05, 3.63) is 228 Å². The van der Waals surface area contributed by atoms with Crippen LogP contribution in [0.3, 0.4) is 0 Å². The van der Waals surface area contributed by atoms with E-state index in [1.54, 1.807) is 68.4 Å². The Hall–Kier alpha value is -8.50. The number of hydrogen-bond acceptors (Lipinski definition) is 2. The molecule has 11 rings (SSSR count). The number of aromatic nitrogens is 1. The van der Waals surface area contributed by atoms with Crippen LogP contribution in [0.25, 0.3) is 83.1 Å². The third-order valence-corrected chi connectivity index (χ3v) is 13.2. The fourth-order valence-electron chi connectivity index (χ4n) is 9.93. The number of imide groups is 1. The Morgan fingerprint density at radius 2 is 0.943 bits per heavy atom. The van der Waals surface area contributed by atoms with E-state index in [-0.39, 0.29) is 22.3 Å². The van der Waals surface area contributed by atoms with Gasteiger partial charge in [-0.1, -0.05) is 133 Å². The summed E-state index contributed by atoms with van der Waals surface area (Å²) in [5.41, 5.74) is 7.38. The maximum Gasteiger partial charge on any atom is 0.417 e. The first-order chi connectivity index (χ1) is 33.7. The van der Waals surface area contributed by atoms with E-state index in [9.17, 15) is 26.3 Å². The van der Waals surface area contributed by atoms with Crippen molar-refractivity contribution in [1.82, 2.24) is 4.57 Å². The van der Waals surface area contributed by atoms with Crippen molar-refractivity contribution >= 4 is 39.3 Å². The molecule has 1 aliphatic heterocycles. The second-order valence-corrected chi connectivity index (χ2v) is 17.5. The monoisotopic (exact) mass is 932 g/mol. The van der Waals surface area contributed by atoms with Gasteiger partial charge in [0.2, 0.25) is 0 Å². The molecule has 0 fully saturated rings. The molecule has 2 amide bonds. The zero-order valence-electron chi connectivity index (χ0n) is 37.5. The molecule has 0 radical (unpaired) electrons. The fourth-order valence-corrected chi connectivity index (χ4v) is 9.93. The molecule has 10 aromatic rings. The molecule has 2 heterocycles. The zero-order chi connectivity index (χ0) is 48.6. The van der Waals surface area contributed by atoms with Gasteiger partial charge in [0.1, 0.15) is 0 Å². The van der Waals surface area contributed by atoms with Crippen LogP contribution in [0.15, 0.2) is 194 Å². The third kappa shape index (κ3) is 7.43. The Balaban J connectivity index is 1.15. The third-order valence-electron chi connectivity index (χ3n) is 13.2. The molecule has 1 aromatic heterocycles. The Morgan fingerprint density at radius 1 is 0.400 bits per heavy atom. The Bertz CT molecular complexity index is 3680. The minimum Gasteiger partial charge on any atom is -0.308 e. The molecular formula is C60H38F6N2O2. The standard InChI is InChI=1S/C60H38F6N2O2/c1-35-21-25-45(51(29-35)60(64,65)66)41-23-28-53-50(32-41)49-31-40(44-26-24-43(30-36(44)2)59(61,62)63)22-27-52(49)67(53)54-20-12-19-46-55(54)58(70)68(57(46)69)56-47(38-15-8-4-9-16-38)33-42(37-13-6-3-7-14-37)34-48(56)39-17-10-5-11-18-39/h3-34H,1-2H3. The van der Waals surface area contributed by atoms with E-state index in [1.807, 2.05) is 114 Å². The van der Waals surface area contributed by atoms with Crippen LogP contribution in [0.5, 0.6) is 0 Å². The molecule has 342 valence electrons. The van der Waals surface area contributed by atoms with Crippen molar-refractivity contribution in [1.29, 1.82) is 0 Å². The van der Waals surface area contributed by atoms with Gasteiger partial charge in [-0.15, -0.1) is 0 Å². The lowest BCUT2D eigenvalue weighted by molar-refractivity contribution is -0.138. The largest absolute Gasteiger partial charge is 0.417 e. The highest BCUT2D eigenvalue weighted by molar-refractivity contribution is 6.37. The van der Waals surface area contributed by atoms with Gasteiger partial charge in [0.15, 0.2) is 0 Å². The number of aryl methyl sites for hydroxylation is 2. The summed E-state index contributed by atoms with van der Waals surface area (Å²) < 4.78 is 87.1. The molecule has 0 unspecified atom stereocenters. The van der Waals surface area contributed by atoms with Gasteiger partial charge in [0.25, 0.3) is 11.8 Å². The minimum atomic E-state index is -4.66. The summed E-state index contributed by atoms with van der Waals surface area (Å²) in [7, 11) is 0. The number of carbonyl (C=O) groups is 2. The number of rotatable bonds is 7. The summed E-state index contributed by atoms with van der Waals surface area (Å²) in [5.74, 6) is -1.11. The Labute approximate surface area is 398 Å². The summed E-state index contributed by atoms with van der Waals surface area (Å²) in [6.07, 6.45) is -9.21. The van der Waals surface area contributed by atoms with Crippen LogP contribution in [-0.2, 0) is 12.4 Å². The van der Waals surface area contributed by atoms with Gasteiger partial charge >= 0.3 is 12.4 Å². The van der Waals surface area contributed by atoms with E-state index in [4.69, 9.17) is 0 Å². The van der Waals surface area contributed by atoms with Gasteiger partial charge in [-0.2, -0.15) is 26.3 Å². The lowest BCUT2D eigenvalue weighted by Crippen LogP contribution is -2.30. The lowest BCUT2D eigenvalue weighted by Gasteiger charge is -2.24. The van der Waals surface area contributed by atoms with E-state index in [0.29, 0.717) is 66.6 Å². The van der Waals surface area contributed by atoms with E-state index in [0.717, 1.165) is 40.5 Å². The first-order valence-corrected chi connectivity index (χ1v) is 22.5. The number of benzene rings is 9. The Morgan fingerprint density at radius 3 is 1.49 bits per heavy atom. The van der Waals surface area contributed by atoms with Gasteiger partial charge in [0, 0.05) is 21.9 Å². The molecule has 1 aliphatic rings. The fraction of sp³-hybridized carbons (Fsp3) is 0.0667. The molecule has 0 spiro atoms. The summed E-state index contributed by atoms with van der Waals surface area (Å²) in [6.45, 7) is 3.19. The highest BCUT2D eigenvalue weighted by Gasteiger charge is 2.42. The van der Waals surface area contributed by atoms with Crippen molar-refractivity contribution in [2.24, 2.45) is 0 Å². The van der Waals surface area contributed by atoms with Gasteiger partial charge in [-0.3, -0.25) is 9.59 Å². The van der Waals surface area contributed by atoms with E-state index in [2.05, 4.69) is 0 Å². The lowest BCUT2D eigenvalue weighted by atomic mass is 9.90. The number of amides is 2. The van der Waals surface area contributed by atoms with Crippen LogP contribution >= 0.6 is 0 Å².